The number of rotatable bonds is 6. The summed E-state index contributed by atoms with van der Waals surface area (Å²) in [6.07, 6.45) is -5.60. The molecule has 0 saturated heterocycles. The summed E-state index contributed by atoms with van der Waals surface area (Å²) in [6, 6.07) is 8.67. The molecule has 2 aromatic carbocycles. The zero-order chi connectivity index (χ0) is 23.7. The lowest BCUT2D eigenvalue weighted by Crippen LogP contribution is -2.42. The van der Waals surface area contributed by atoms with E-state index in [9.17, 15) is 18.0 Å². The van der Waals surface area contributed by atoms with Crippen molar-refractivity contribution in [1.29, 1.82) is 0 Å². The van der Waals surface area contributed by atoms with Crippen LogP contribution in [0.5, 0.6) is 0 Å². The number of oxime groups is 1. The summed E-state index contributed by atoms with van der Waals surface area (Å²) in [5.74, 6) is -0.444. The Morgan fingerprint density at radius 1 is 1.22 bits per heavy atom. The van der Waals surface area contributed by atoms with Gasteiger partial charge < -0.3 is 14.9 Å². The maximum atomic E-state index is 14.2. The van der Waals surface area contributed by atoms with Crippen LogP contribution in [0.1, 0.15) is 37.0 Å². The Balaban J connectivity index is 1.87. The van der Waals surface area contributed by atoms with Crippen LogP contribution < -0.4 is 5.32 Å². The fourth-order valence-electron chi connectivity index (χ4n) is 3.31. The minimum absolute atomic E-state index is 0.0586. The molecule has 0 bridgehead atoms. The van der Waals surface area contributed by atoms with Gasteiger partial charge in [-0.3, -0.25) is 4.79 Å². The van der Waals surface area contributed by atoms with E-state index in [0.717, 1.165) is 5.56 Å². The van der Waals surface area contributed by atoms with Crippen LogP contribution in [0.4, 0.5) is 18.9 Å². The van der Waals surface area contributed by atoms with Gasteiger partial charge in [-0.25, -0.2) is 0 Å². The standard InChI is InChI=1S/C22H21Cl2F3N2O3/c1-12(2)31-20(30)11-28-18-6-14(5-4-13(18)3)19-10-21(32-29-19,22(25,26)27)15-7-16(23)9-17(24)8-15/h4-9,12,28H,10-11H2,1-3H3. The van der Waals surface area contributed by atoms with Crippen LogP contribution in [-0.4, -0.2) is 30.5 Å². The van der Waals surface area contributed by atoms with Crippen molar-refractivity contribution in [3.05, 3.63) is 63.1 Å². The largest absolute Gasteiger partial charge is 0.462 e. The summed E-state index contributed by atoms with van der Waals surface area (Å²) in [7, 11) is 0. The lowest BCUT2D eigenvalue weighted by molar-refractivity contribution is -0.275. The number of hydrogen-bond acceptors (Lipinski definition) is 5. The van der Waals surface area contributed by atoms with Crippen molar-refractivity contribution in [1.82, 2.24) is 0 Å². The van der Waals surface area contributed by atoms with Gasteiger partial charge in [0.2, 0.25) is 0 Å². The van der Waals surface area contributed by atoms with Crippen molar-refractivity contribution >= 4 is 40.6 Å². The predicted octanol–water partition coefficient (Wildman–Crippen LogP) is 6.25. The third-order valence-corrected chi connectivity index (χ3v) is 5.31. The molecule has 0 saturated carbocycles. The van der Waals surface area contributed by atoms with E-state index in [1.54, 1.807) is 39.0 Å². The summed E-state index contributed by atoms with van der Waals surface area (Å²) < 4.78 is 47.6. The summed E-state index contributed by atoms with van der Waals surface area (Å²) in [6.45, 7) is 5.20. The Morgan fingerprint density at radius 3 is 2.47 bits per heavy atom. The highest BCUT2D eigenvalue weighted by atomic mass is 35.5. The molecule has 2 aromatic rings. The molecule has 3 rings (SSSR count). The topological polar surface area (TPSA) is 59.9 Å². The first kappa shape index (κ1) is 24.2. The van der Waals surface area contributed by atoms with Crippen LogP contribution in [0.15, 0.2) is 41.6 Å². The molecule has 1 atom stereocenters. The van der Waals surface area contributed by atoms with Gasteiger partial charge in [0.15, 0.2) is 0 Å². The number of benzene rings is 2. The van der Waals surface area contributed by atoms with Gasteiger partial charge >= 0.3 is 12.1 Å². The molecule has 1 unspecified atom stereocenters. The number of nitrogens with one attached hydrogen (secondary N) is 1. The highest BCUT2D eigenvalue weighted by Crippen LogP contribution is 2.49. The predicted molar refractivity (Wildman–Crippen MR) is 117 cm³/mol. The van der Waals surface area contributed by atoms with Crippen molar-refractivity contribution < 1.29 is 27.5 Å². The summed E-state index contributed by atoms with van der Waals surface area (Å²) >= 11 is 11.9. The number of esters is 1. The molecule has 0 aliphatic carbocycles. The van der Waals surface area contributed by atoms with Crippen molar-refractivity contribution in [2.24, 2.45) is 5.16 Å². The Hall–Kier alpha value is -2.45. The molecule has 0 aromatic heterocycles. The number of nitrogens with zero attached hydrogens (tertiary/aromatic N) is 1. The van der Waals surface area contributed by atoms with Gasteiger partial charge in [-0.2, -0.15) is 13.2 Å². The maximum absolute atomic E-state index is 14.2. The van der Waals surface area contributed by atoms with Gasteiger partial charge in [0.25, 0.3) is 5.60 Å². The van der Waals surface area contributed by atoms with E-state index in [0.29, 0.717) is 11.3 Å². The molecule has 32 heavy (non-hydrogen) atoms. The number of aryl methyl sites for hydroxylation is 1. The number of carbonyl (C=O) groups excluding carboxylic acids is 1. The van der Waals surface area contributed by atoms with Crippen LogP contribution in [0.2, 0.25) is 10.0 Å². The normalized spacial score (nSPS) is 18.3. The quantitative estimate of drug-likeness (QED) is 0.488. The Morgan fingerprint density at radius 2 is 1.88 bits per heavy atom. The molecule has 1 aliphatic heterocycles. The second-order valence-electron chi connectivity index (χ2n) is 7.71. The maximum Gasteiger partial charge on any atom is 0.435 e. The SMILES string of the molecule is Cc1ccc(C2=NOC(c3cc(Cl)cc(Cl)c3)(C(F)(F)F)C2)cc1NCC(=O)OC(C)C. The first-order valence-electron chi connectivity index (χ1n) is 9.74. The molecule has 1 heterocycles. The van der Waals surface area contributed by atoms with Crippen molar-refractivity contribution in [3.8, 4) is 0 Å². The minimum atomic E-state index is -4.78. The summed E-state index contributed by atoms with van der Waals surface area (Å²) in [5.41, 5.74) is -1.05. The second kappa shape index (κ2) is 9.19. The Kier molecular flexibility index (Phi) is 6.95. The molecule has 0 radical (unpaired) electrons. The van der Waals surface area contributed by atoms with Crippen LogP contribution in [0.25, 0.3) is 0 Å². The highest BCUT2D eigenvalue weighted by Gasteiger charge is 2.62. The van der Waals surface area contributed by atoms with Crippen LogP contribution in [-0.2, 0) is 20.0 Å². The highest BCUT2D eigenvalue weighted by molar-refractivity contribution is 6.34. The molecule has 0 amide bonds. The van der Waals surface area contributed by atoms with Gasteiger partial charge in [0, 0.05) is 33.3 Å². The summed E-state index contributed by atoms with van der Waals surface area (Å²) in [4.78, 5) is 16.8. The Labute approximate surface area is 193 Å². The lowest BCUT2D eigenvalue weighted by atomic mass is 9.86. The third-order valence-electron chi connectivity index (χ3n) is 4.88. The van der Waals surface area contributed by atoms with Crippen LogP contribution >= 0.6 is 23.2 Å². The lowest BCUT2D eigenvalue weighted by Gasteiger charge is -2.29. The molecule has 0 spiro atoms. The molecular formula is C22H21Cl2F3N2O3. The Bertz CT molecular complexity index is 1040. The van der Waals surface area contributed by atoms with Gasteiger partial charge in [-0.15, -0.1) is 0 Å². The molecule has 1 N–H and O–H groups in total. The molecule has 172 valence electrons. The number of hydrogen-bond donors (Lipinski definition) is 1. The summed E-state index contributed by atoms with van der Waals surface area (Å²) in [5, 5.41) is 6.83. The molecule has 10 heteroatoms. The molecule has 5 nitrogen and oxygen atoms in total. The molecular weight excluding hydrogens is 468 g/mol. The number of carbonyl (C=O) groups is 1. The average Bonchev–Trinajstić information content (AvgIpc) is 3.13. The molecule has 1 aliphatic rings. The van der Waals surface area contributed by atoms with E-state index in [1.165, 1.54) is 18.2 Å². The molecule has 0 fully saturated rings. The van der Waals surface area contributed by atoms with E-state index in [-0.39, 0.29) is 34.0 Å². The van der Waals surface area contributed by atoms with E-state index in [1.807, 2.05) is 0 Å². The van der Waals surface area contributed by atoms with E-state index >= 15 is 0 Å². The van der Waals surface area contributed by atoms with Gasteiger partial charge in [-0.05, 0) is 50.6 Å². The third kappa shape index (κ3) is 5.13. The second-order valence-corrected chi connectivity index (χ2v) is 8.58. The fourth-order valence-corrected chi connectivity index (χ4v) is 3.84. The first-order valence-corrected chi connectivity index (χ1v) is 10.5. The smallest absolute Gasteiger partial charge is 0.435 e. The van der Waals surface area contributed by atoms with Crippen molar-refractivity contribution in [2.45, 2.75) is 45.1 Å². The number of halogens is 5. The monoisotopic (exact) mass is 488 g/mol. The first-order chi connectivity index (χ1) is 14.9. The van der Waals surface area contributed by atoms with Gasteiger partial charge in [0.1, 0.15) is 6.54 Å². The zero-order valence-corrected chi connectivity index (χ0v) is 19.0. The number of alkyl halides is 3. The number of ether oxygens (including phenoxy) is 1. The van der Waals surface area contributed by atoms with Gasteiger partial charge in [-0.1, -0.05) is 40.5 Å². The average molecular weight is 489 g/mol. The zero-order valence-electron chi connectivity index (χ0n) is 17.5. The van der Waals surface area contributed by atoms with E-state index < -0.39 is 24.2 Å². The fraction of sp³-hybridized carbons (Fsp3) is 0.364. The van der Waals surface area contributed by atoms with Crippen molar-refractivity contribution in [3.63, 3.8) is 0 Å². The minimum Gasteiger partial charge on any atom is -0.462 e. The van der Waals surface area contributed by atoms with E-state index in [4.69, 9.17) is 32.8 Å². The van der Waals surface area contributed by atoms with Crippen LogP contribution in [0, 0.1) is 6.92 Å². The van der Waals surface area contributed by atoms with Gasteiger partial charge in [0.05, 0.1) is 11.8 Å². The van der Waals surface area contributed by atoms with Crippen LogP contribution in [0.3, 0.4) is 0 Å². The van der Waals surface area contributed by atoms with E-state index in [2.05, 4.69) is 10.5 Å². The van der Waals surface area contributed by atoms with Crippen molar-refractivity contribution in [2.75, 3.05) is 11.9 Å². The number of anilines is 1.